The van der Waals surface area contributed by atoms with Crippen LogP contribution in [0.1, 0.15) is 42.4 Å². The lowest BCUT2D eigenvalue weighted by molar-refractivity contribution is -0.116. The molecule has 7 heteroatoms. The molecule has 0 spiro atoms. The van der Waals surface area contributed by atoms with Crippen LogP contribution in [0.3, 0.4) is 0 Å². The van der Waals surface area contributed by atoms with Gasteiger partial charge in [0.25, 0.3) is 5.56 Å². The molecular weight excluding hydrogens is 398 g/mol. The number of carbonyl (C=O) groups is 1. The predicted octanol–water partition coefficient (Wildman–Crippen LogP) is 4.33. The maximum Gasteiger partial charge on any atom is 0.257 e. The number of nitrogens with one attached hydrogen (secondary N) is 2. The van der Waals surface area contributed by atoms with Crippen LogP contribution >= 0.6 is 11.8 Å². The fraction of sp³-hybridized carbons (Fsp3) is 0.261. The van der Waals surface area contributed by atoms with E-state index in [2.05, 4.69) is 22.2 Å². The zero-order valence-corrected chi connectivity index (χ0v) is 17.5. The molecule has 1 amide bonds. The van der Waals surface area contributed by atoms with Gasteiger partial charge in [-0.3, -0.25) is 9.59 Å². The molecule has 1 unspecified atom stereocenters. The molecule has 1 atom stereocenters. The Labute approximate surface area is 179 Å². The molecule has 1 aliphatic rings. The topological polar surface area (TPSA) is 84.1 Å². The Balaban J connectivity index is 1.59. The number of aromatic amines is 1. The lowest BCUT2D eigenvalue weighted by atomic mass is 9.87. The molecule has 0 saturated carbocycles. The molecule has 0 bridgehead atoms. The summed E-state index contributed by atoms with van der Waals surface area (Å²) in [6.45, 7) is 2.71. The van der Waals surface area contributed by atoms with Crippen molar-refractivity contribution in [2.24, 2.45) is 0 Å². The maximum atomic E-state index is 12.9. The van der Waals surface area contributed by atoms with Crippen molar-refractivity contribution in [2.75, 3.05) is 11.9 Å². The van der Waals surface area contributed by atoms with E-state index in [1.807, 2.05) is 54.6 Å². The molecule has 1 aromatic heterocycles. The summed E-state index contributed by atoms with van der Waals surface area (Å²) in [6, 6.07) is 17.5. The van der Waals surface area contributed by atoms with Gasteiger partial charge in [0.05, 0.1) is 12.2 Å². The summed E-state index contributed by atoms with van der Waals surface area (Å²) in [7, 11) is 0. The Bertz CT molecular complexity index is 1080. The van der Waals surface area contributed by atoms with Crippen LogP contribution in [0.2, 0.25) is 0 Å². The normalized spacial score (nSPS) is 15.4. The van der Waals surface area contributed by atoms with Crippen LogP contribution < -0.4 is 15.6 Å². The third-order valence-corrected chi connectivity index (χ3v) is 5.85. The third-order valence-electron chi connectivity index (χ3n) is 4.90. The van der Waals surface area contributed by atoms with Crippen LogP contribution in [-0.2, 0) is 10.5 Å². The zero-order valence-electron chi connectivity index (χ0n) is 16.7. The highest BCUT2D eigenvalue weighted by Gasteiger charge is 2.31. The number of ether oxygens (including phenoxy) is 1. The van der Waals surface area contributed by atoms with E-state index in [0.29, 0.717) is 28.9 Å². The summed E-state index contributed by atoms with van der Waals surface area (Å²) in [6.07, 6.45) is 1.15. The molecule has 3 aromatic rings. The van der Waals surface area contributed by atoms with Crippen molar-refractivity contribution >= 4 is 23.5 Å². The largest absolute Gasteiger partial charge is 0.494 e. The number of nitrogens with zero attached hydrogens (tertiary/aromatic N) is 1. The summed E-state index contributed by atoms with van der Waals surface area (Å²) in [5, 5.41) is 3.26. The molecule has 4 rings (SSSR count). The second-order valence-corrected chi connectivity index (χ2v) is 8.09. The summed E-state index contributed by atoms with van der Waals surface area (Å²) in [5.74, 6) is 1.33. The number of hydrogen-bond acceptors (Lipinski definition) is 5. The average molecular weight is 422 g/mol. The van der Waals surface area contributed by atoms with Crippen molar-refractivity contribution in [3.63, 3.8) is 0 Å². The SMILES string of the molecule is CCCOc1ccc(C2CC(=O)Nc3nc(SCc4ccccc4)[nH]c(=O)c32)cc1. The van der Waals surface area contributed by atoms with E-state index in [-0.39, 0.29) is 23.8 Å². The van der Waals surface area contributed by atoms with Crippen molar-refractivity contribution in [1.29, 1.82) is 0 Å². The van der Waals surface area contributed by atoms with Crippen LogP contribution in [0.5, 0.6) is 5.75 Å². The van der Waals surface area contributed by atoms with Crippen molar-refractivity contribution in [3.8, 4) is 5.75 Å². The van der Waals surface area contributed by atoms with Gasteiger partial charge in [-0.15, -0.1) is 0 Å². The van der Waals surface area contributed by atoms with Crippen LogP contribution in [0.15, 0.2) is 64.5 Å². The van der Waals surface area contributed by atoms with E-state index in [9.17, 15) is 9.59 Å². The summed E-state index contributed by atoms with van der Waals surface area (Å²) < 4.78 is 5.63. The van der Waals surface area contributed by atoms with Gasteiger partial charge in [0.15, 0.2) is 5.16 Å². The Hall–Kier alpha value is -3.06. The highest BCUT2D eigenvalue weighted by atomic mass is 32.2. The number of carbonyl (C=O) groups excluding carboxylic acids is 1. The number of thioether (sulfide) groups is 1. The number of anilines is 1. The molecule has 0 radical (unpaired) electrons. The Morgan fingerprint density at radius 2 is 1.87 bits per heavy atom. The standard InChI is InChI=1S/C23H23N3O3S/c1-2-12-29-17-10-8-16(9-11-17)18-13-19(27)24-21-20(18)22(28)26-23(25-21)30-14-15-6-4-3-5-7-15/h3-11,18H,2,12-14H2,1H3,(H2,24,25,26,27,28). The smallest absolute Gasteiger partial charge is 0.257 e. The molecular formula is C23H23N3O3S. The van der Waals surface area contributed by atoms with E-state index >= 15 is 0 Å². The molecule has 2 heterocycles. The predicted molar refractivity (Wildman–Crippen MR) is 118 cm³/mol. The number of amides is 1. The molecule has 2 N–H and O–H groups in total. The third kappa shape index (κ3) is 4.57. The van der Waals surface area contributed by atoms with E-state index in [4.69, 9.17) is 4.74 Å². The Morgan fingerprint density at radius 1 is 1.10 bits per heavy atom. The molecule has 6 nitrogen and oxygen atoms in total. The second-order valence-electron chi connectivity index (χ2n) is 7.13. The van der Waals surface area contributed by atoms with Gasteiger partial charge in [0, 0.05) is 18.1 Å². The van der Waals surface area contributed by atoms with Gasteiger partial charge in [-0.1, -0.05) is 61.2 Å². The minimum atomic E-state index is -0.335. The van der Waals surface area contributed by atoms with Gasteiger partial charge < -0.3 is 15.0 Å². The van der Waals surface area contributed by atoms with Gasteiger partial charge in [-0.2, -0.15) is 0 Å². The number of H-pyrrole nitrogens is 1. The van der Waals surface area contributed by atoms with E-state index < -0.39 is 0 Å². The first-order chi connectivity index (χ1) is 14.6. The molecule has 30 heavy (non-hydrogen) atoms. The first kappa shape index (κ1) is 20.2. The molecule has 1 aliphatic heterocycles. The first-order valence-electron chi connectivity index (χ1n) is 9.97. The molecule has 0 fully saturated rings. The summed E-state index contributed by atoms with van der Waals surface area (Å²) in [5.41, 5.74) is 2.31. The molecule has 154 valence electrons. The van der Waals surface area contributed by atoms with Crippen molar-refractivity contribution in [2.45, 2.75) is 36.6 Å². The molecule has 0 aliphatic carbocycles. The first-order valence-corrected chi connectivity index (χ1v) is 11.0. The van der Waals surface area contributed by atoms with Gasteiger partial charge in [-0.05, 0) is 29.7 Å². The van der Waals surface area contributed by atoms with E-state index in [1.165, 1.54) is 11.8 Å². The van der Waals surface area contributed by atoms with Gasteiger partial charge >= 0.3 is 0 Å². The van der Waals surface area contributed by atoms with Gasteiger partial charge in [0.2, 0.25) is 5.91 Å². The summed E-state index contributed by atoms with van der Waals surface area (Å²) in [4.78, 5) is 32.6. The quantitative estimate of drug-likeness (QED) is 0.438. The fourth-order valence-corrected chi connectivity index (χ4v) is 4.26. The van der Waals surface area contributed by atoms with Crippen molar-refractivity contribution < 1.29 is 9.53 Å². The second kappa shape index (κ2) is 9.17. The monoisotopic (exact) mass is 421 g/mol. The lowest BCUT2D eigenvalue weighted by Crippen LogP contribution is -2.31. The van der Waals surface area contributed by atoms with Crippen molar-refractivity contribution in [3.05, 3.63) is 81.6 Å². The number of fused-ring (bicyclic) bond motifs is 1. The zero-order chi connectivity index (χ0) is 20.9. The van der Waals surface area contributed by atoms with E-state index in [1.54, 1.807) is 0 Å². The minimum absolute atomic E-state index is 0.143. The number of aromatic nitrogens is 2. The molecule has 0 saturated heterocycles. The van der Waals surface area contributed by atoms with Crippen molar-refractivity contribution in [1.82, 2.24) is 9.97 Å². The van der Waals surface area contributed by atoms with Crippen LogP contribution in [0, 0.1) is 0 Å². The summed E-state index contributed by atoms with van der Waals surface area (Å²) >= 11 is 1.43. The highest BCUT2D eigenvalue weighted by Crippen LogP contribution is 2.35. The number of hydrogen-bond donors (Lipinski definition) is 2. The fourth-order valence-electron chi connectivity index (χ4n) is 3.45. The van der Waals surface area contributed by atoms with E-state index in [0.717, 1.165) is 23.3 Å². The lowest BCUT2D eigenvalue weighted by Gasteiger charge is -2.24. The number of rotatable bonds is 7. The van der Waals surface area contributed by atoms with Crippen LogP contribution in [0.4, 0.5) is 5.82 Å². The van der Waals surface area contributed by atoms with Crippen LogP contribution in [0.25, 0.3) is 0 Å². The average Bonchev–Trinajstić information content (AvgIpc) is 2.76. The maximum absolute atomic E-state index is 12.9. The van der Waals surface area contributed by atoms with Gasteiger partial charge in [-0.25, -0.2) is 4.98 Å². The number of benzene rings is 2. The van der Waals surface area contributed by atoms with Crippen LogP contribution in [-0.4, -0.2) is 22.5 Å². The highest BCUT2D eigenvalue weighted by molar-refractivity contribution is 7.98. The minimum Gasteiger partial charge on any atom is -0.494 e. The molecule has 2 aromatic carbocycles. The Morgan fingerprint density at radius 3 is 2.60 bits per heavy atom. The Kier molecular flexibility index (Phi) is 6.18. The van der Waals surface area contributed by atoms with Gasteiger partial charge in [0.1, 0.15) is 11.6 Å².